The van der Waals surface area contributed by atoms with Crippen molar-refractivity contribution >= 4 is 10.0 Å². The molecule has 0 saturated heterocycles. The van der Waals surface area contributed by atoms with E-state index in [2.05, 4.69) is 6.07 Å². The van der Waals surface area contributed by atoms with Gasteiger partial charge in [-0.1, -0.05) is 36.4 Å². The summed E-state index contributed by atoms with van der Waals surface area (Å²) in [5, 5.41) is 0. The fourth-order valence-corrected chi connectivity index (χ4v) is 4.75. The quantitative estimate of drug-likeness (QED) is 0.871. The molecule has 3 nitrogen and oxygen atoms in total. The Hall–Kier alpha value is -1.72. The first-order valence-electron chi connectivity index (χ1n) is 7.29. The van der Waals surface area contributed by atoms with Crippen molar-refractivity contribution in [1.29, 1.82) is 0 Å². The lowest BCUT2D eigenvalue weighted by Gasteiger charge is -2.34. The Morgan fingerprint density at radius 2 is 1.82 bits per heavy atom. The summed E-state index contributed by atoms with van der Waals surface area (Å²) < 4.78 is 39.9. The first-order chi connectivity index (χ1) is 10.5. The van der Waals surface area contributed by atoms with Crippen LogP contribution in [0.25, 0.3) is 0 Å². The zero-order chi connectivity index (χ0) is 15.7. The molecule has 0 radical (unpaired) electrons. The van der Waals surface area contributed by atoms with E-state index in [1.807, 2.05) is 25.1 Å². The van der Waals surface area contributed by atoms with Gasteiger partial charge in [0.15, 0.2) is 0 Å². The zero-order valence-corrected chi connectivity index (χ0v) is 13.2. The van der Waals surface area contributed by atoms with Gasteiger partial charge in [-0.2, -0.15) is 4.31 Å². The lowest BCUT2D eigenvalue weighted by Crippen LogP contribution is -2.39. The van der Waals surface area contributed by atoms with E-state index in [-0.39, 0.29) is 17.6 Å². The van der Waals surface area contributed by atoms with Gasteiger partial charge in [0.25, 0.3) is 0 Å². The molecule has 0 aliphatic carbocycles. The van der Waals surface area contributed by atoms with E-state index < -0.39 is 10.0 Å². The minimum Gasteiger partial charge on any atom is -0.212 e. The molecule has 2 aromatic rings. The molecule has 116 valence electrons. The van der Waals surface area contributed by atoms with E-state index >= 15 is 0 Å². The van der Waals surface area contributed by atoms with Crippen molar-refractivity contribution < 1.29 is 12.8 Å². The third kappa shape index (κ3) is 2.91. The van der Waals surface area contributed by atoms with Crippen molar-refractivity contribution in [2.75, 3.05) is 6.54 Å². The highest BCUT2D eigenvalue weighted by molar-refractivity contribution is 7.88. The summed E-state index contributed by atoms with van der Waals surface area (Å²) >= 11 is 0. The Bertz CT molecular complexity index is 772. The number of sulfonamides is 1. The Balaban J connectivity index is 1.85. The van der Waals surface area contributed by atoms with Gasteiger partial charge in [0, 0.05) is 12.6 Å². The minimum absolute atomic E-state index is 0.0974. The molecule has 0 spiro atoms. The van der Waals surface area contributed by atoms with Crippen LogP contribution in [0, 0.1) is 5.82 Å². The summed E-state index contributed by atoms with van der Waals surface area (Å²) in [5.74, 6) is -0.457. The third-order valence-corrected chi connectivity index (χ3v) is 6.07. The Kier molecular flexibility index (Phi) is 4.02. The van der Waals surface area contributed by atoms with Gasteiger partial charge in [-0.3, -0.25) is 0 Å². The summed E-state index contributed by atoms with van der Waals surface area (Å²) in [6, 6.07) is 13.4. The van der Waals surface area contributed by atoms with Crippen LogP contribution < -0.4 is 0 Å². The molecule has 1 aliphatic rings. The molecule has 0 amide bonds. The van der Waals surface area contributed by atoms with Gasteiger partial charge in [0.2, 0.25) is 10.0 Å². The van der Waals surface area contributed by atoms with Crippen LogP contribution in [0.3, 0.4) is 0 Å². The first-order valence-corrected chi connectivity index (χ1v) is 8.90. The summed E-state index contributed by atoms with van der Waals surface area (Å²) in [5.41, 5.74) is 2.88. The van der Waals surface area contributed by atoms with Crippen LogP contribution in [0.5, 0.6) is 0 Å². The van der Waals surface area contributed by atoms with Crippen LogP contribution in [0.4, 0.5) is 4.39 Å². The van der Waals surface area contributed by atoms with E-state index in [4.69, 9.17) is 0 Å². The molecule has 0 aromatic heterocycles. The summed E-state index contributed by atoms with van der Waals surface area (Å²) in [6.07, 6.45) is 0.725. The van der Waals surface area contributed by atoms with Crippen LogP contribution in [-0.2, 0) is 22.2 Å². The summed E-state index contributed by atoms with van der Waals surface area (Å²) in [7, 11) is -3.43. The average molecular weight is 319 g/mol. The Labute approximate surface area is 130 Å². The average Bonchev–Trinajstić information content (AvgIpc) is 2.50. The van der Waals surface area contributed by atoms with Crippen molar-refractivity contribution in [3.05, 3.63) is 71.0 Å². The van der Waals surface area contributed by atoms with Gasteiger partial charge >= 0.3 is 0 Å². The molecule has 0 saturated carbocycles. The molecular weight excluding hydrogens is 301 g/mol. The topological polar surface area (TPSA) is 37.4 Å². The maximum absolute atomic E-state index is 12.9. The SMILES string of the molecule is CC1c2ccccc2CCN1S(=O)(=O)Cc1ccc(F)cc1. The van der Waals surface area contributed by atoms with Gasteiger partial charge in [0.05, 0.1) is 5.75 Å². The summed E-state index contributed by atoms with van der Waals surface area (Å²) in [4.78, 5) is 0. The van der Waals surface area contributed by atoms with Gasteiger partial charge in [-0.05, 0) is 42.2 Å². The summed E-state index contributed by atoms with van der Waals surface area (Å²) in [6.45, 7) is 2.40. The largest absolute Gasteiger partial charge is 0.218 e. The highest BCUT2D eigenvalue weighted by atomic mass is 32.2. The molecule has 0 N–H and O–H groups in total. The fourth-order valence-electron chi connectivity index (χ4n) is 3.00. The highest BCUT2D eigenvalue weighted by Crippen LogP contribution is 2.32. The predicted molar refractivity (Wildman–Crippen MR) is 84.3 cm³/mol. The standard InChI is InChI=1S/C17H18FNO2S/c1-13-17-5-3-2-4-15(17)10-11-19(13)22(20,21)12-14-6-8-16(18)9-7-14/h2-9,13H,10-12H2,1H3. The number of fused-ring (bicyclic) bond motifs is 1. The molecule has 22 heavy (non-hydrogen) atoms. The van der Waals surface area contributed by atoms with Gasteiger partial charge in [-0.25, -0.2) is 12.8 Å². The van der Waals surface area contributed by atoms with Crippen LogP contribution in [-0.4, -0.2) is 19.3 Å². The van der Waals surface area contributed by atoms with Crippen LogP contribution in [0.1, 0.15) is 29.7 Å². The Morgan fingerprint density at radius 1 is 1.14 bits per heavy atom. The molecule has 1 aliphatic heterocycles. The normalized spacial score (nSPS) is 18.9. The molecule has 1 atom stereocenters. The van der Waals surface area contributed by atoms with Crippen LogP contribution in [0.15, 0.2) is 48.5 Å². The number of halogens is 1. The van der Waals surface area contributed by atoms with E-state index in [0.29, 0.717) is 12.1 Å². The van der Waals surface area contributed by atoms with Gasteiger partial charge in [-0.15, -0.1) is 0 Å². The van der Waals surface area contributed by atoms with E-state index in [1.54, 1.807) is 4.31 Å². The van der Waals surface area contributed by atoms with Crippen LogP contribution >= 0.6 is 0 Å². The molecule has 0 bridgehead atoms. The second-order valence-corrected chi connectivity index (χ2v) is 7.54. The molecule has 2 aromatic carbocycles. The lowest BCUT2D eigenvalue weighted by atomic mass is 9.96. The zero-order valence-electron chi connectivity index (χ0n) is 12.4. The number of hydrogen-bond acceptors (Lipinski definition) is 2. The second kappa shape index (κ2) is 5.82. The van der Waals surface area contributed by atoms with E-state index in [0.717, 1.165) is 12.0 Å². The molecular formula is C17H18FNO2S. The maximum atomic E-state index is 12.9. The van der Waals surface area contributed by atoms with E-state index in [9.17, 15) is 12.8 Å². The van der Waals surface area contributed by atoms with Crippen molar-refractivity contribution in [2.24, 2.45) is 0 Å². The van der Waals surface area contributed by atoms with Crippen molar-refractivity contribution in [2.45, 2.75) is 25.1 Å². The first kappa shape index (κ1) is 15.2. The molecule has 3 rings (SSSR count). The molecule has 5 heteroatoms. The number of rotatable bonds is 3. The number of benzene rings is 2. The predicted octanol–water partition coefficient (Wildman–Crippen LogP) is 3.27. The van der Waals surface area contributed by atoms with E-state index in [1.165, 1.54) is 29.8 Å². The van der Waals surface area contributed by atoms with Crippen molar-refractivity contribution in [3.63, 3.8) is 0 Å². The minimum atomic E-state index is -3.43. The fraction of sp³-hybridized carbons (Fsp3) is 0.294. The Morgan fingerprint density at radius 3 is 2.55 bits per heavy atom. The van der Waals surface area contributed by atoms with Gasteiger partial charge < -0.3 is 0 Å². The smallest absolute Gasteiger partial charge is 0.212 e. The van der Waals surface area contributed by atoms with Crippen LogP contribution in [0.2, 0.25) is 0 Å². The lowest BCUT2D eigenvalue weighted by molar-refractivity contribution is 0.326. The highest BCUT2D eigenvalue weighted by Gasteiger charge is 2.32. The number of nitrogens with zero attached hydrogens (tertiary/aromatic N) is 1. The second-order valence-electron chi connectivity index (χ2n) is 5.62. The third-order valence-electron chi connectivity index (χ3n) is 4.16. The number of hydrogen-bond donors (Lipinski definition) is 0. The van der Waals surface area contributed by atoms with Crippen molar-refractivity contribution in [1.82, 2.24) is 4.31 Å². The molecule has 1 heterocycles. The van der Waals surface area contributed by atoms with Gasteiger partial charge in [0.1, 0.15) is 5.82 Å². The monoisotopic (exact) mass is 319 g/mol. The van der Waals surface area contributed by atoms with Crippen molar-refractivity contribution in [3.8, 4) is 0 Å². The molecule has 0 fully saturated rings. The maximum Gasteiger partial charge on any atom is 0.218 e. The molecule has 1 unspecified atom stereocenters.